The first-order chi connectivity index (χ1) is 13.6. The molecule has 1 aromatic heterocycles. The molecule has 4 rings (SSSR count). The highest BCUT2D eigenvalue weighted by atomic mass is 16.2. The van der Waals surface area contributed by atoms with Crippen molar-refractivity contribution in [2.24, 2.45) is 0 Å². The number of benzene rings is 1. The number of H-pyrrole nitrogens is 1. The summed E-state index contributed by atoms with van der Waals surface area (Å²) in [6.45, 7) is 3.98. The summed E-state index contributed by atoms with van der Waals surface area (Å²) in [6.07, 6.45) is 6.69. The standard InChI is InChI=1S/C22H28N4O2/c1-16-7-5-6-12-26(16)22(28)21(27)25-13-10-18(11-14-25)20-19(15-23-24-20)17-8-3-2-4-9-17/h2-4,8-9,15-16,18H,5-7,10-14H2,1H3,(H,23,24)/t16-/m0/s1. The second-order valence-electron chi connectivity index (χ2n) is 7.97. The van der Waals surface area contributed by atoms with Gasteiger partial charge < -0.3 is 9.80 Å². The number of hydrogen-bond acceptors (Lipinski definition) is 3. The zero-order valence-corrected chi connectivity index (χ0v) is 16.4. The van der Waals surface area contributed by atoms with E-state index in [1.807, 2.05) is 31.3 Å². The average Bonchev–Trinajstić information content (AvgIpc) is 3.24. The number of amides is 2. The van der Waals surface area contributed by atoms with Gasteiger partial charge in [0.25, 0.3) is 0 Å². The van der Waals surface area contributed by atoms with Crippen LogP contribution in [0.15, 0.2) is 36.5 Å². The van der Waals surface area contributed by atoms with E-state index in [0.717, 1.165) is 48.9 Å². The molecule has 2 fully saturated rings. The van der Waals surface area contributed by atoms with Crippen LogP contribution in [-0.4, -0.2) is 57.5 Å². The number of carbonyl (C=O) groups is 2. The maximum absolute atomic E-state index is 12.7. The molecule has 2 aliphatic rings. The fraction of sp³-hybridized carbons (Fsp3) is 0.500. The van der Waals surface area contributed by atoms with Crippen LogP contribution in [0, 0.1) is 0 Å². The summed E-state index contributed by atoms with van der Waals surface area (Å²) in [6, 6.07) is 10.4. The van der Waals surface area contributed by atoms with E-state index in [1.54, 1.807) is 9.80 Å². The van der Waals surface area contributed by atoms with Crippen LogP contribution in [-0.2, 0) is 9.59 Å². The molecular formula is C22H28N4O2. The minimum Gasteiger partial charge on any atom is -0.334 e. The summed E-state index contributed by atoms with van der Waals surface area (Å²) in [5, 5.41) is 7.43. The molecule has 28 heavy (non-hydrogen) atoms. The molecule has 0 saturated carbocycles. The Morgan fingerprint density at radius 3 is 2.46 bits per heavy atom. The number of piperidine rings is 2. The molecule has 148 valence electrons. The molecule has 1 aromatic carbocycles. The number of rotatable bonds is 2. The highest BCUT2D eigenvalue weighted by molar-refractivity contribution is 6.35. The van der Waals surface area contributed by atoms with Crippen molar-refractivity contribution in [2.45, 2.75) is 51.0 Å². The number of likely N-dealkylation sites (tertiary alicyclic amines) is 2. The van der Waals surface area contributed by atoms with E-state index in [-0.39, 0.29) is 17.9 Å². The Labute approximate surface area is 165 Å². The smallest absolute Gasteiger partial charge is 0.312 e. The van der Waals surface area contributed by atoms with Crippen molar-refractivity contribution < 1.29 is 9.59 Å². The van der Waals surface area contributed by atoms with Crippen LogP contribution in [0.4, 0.5) is 0 Å². The molecule has 6 heteroatoms. The Morgan fingerprint density at radius 2 is 1.75 bits per heavy atom. The molecule has 3 heterocycles. The van der Waals surface area contributed by atoms with Gasteiger partial charge in [-0.15, -0.1) is 0 Å². The molecule has 2 aromatic rings. The zero-order valence-electron chi connectivity index (χ0n) is 16.4. The zero-order chi connectivity index (χ0) is 19.5. The molecule has 0 radical (unpaired) electrons. The van der Waals surface area contributed by atoms with Crippen molar-refractivity contribution in [1.29, 1.82) is 0 Å². The summed E-state index contributed by atoms with van der Waals surface area (Å²) in [5.74, 6) is -0.331. The summed E-state index contributed by atoms with van der Waals surface area (Å²) < 4.78 is 0. The van der Waals surface area contributed by atoms with Gasteiger partial charge in [0.2, 0.25) is 0 Å². The van der Waals surface area contributed by atoms with E-state index in [4.69, 9.17) is 0 Å². The van der Waals surface area contributed by atoms with Crippen LogP contribution in [0.25, 0.3) is 11.1 Å². The summed E-state index contributed by atoms with van der Waals surface area (Å²) in [4.78, 5) is 28.9. The Morgan fingerprint density at radius 1 is 1.00 bits per heavy atom. The van der Waals surface area contributed by atoms with Crippen LogP contribution in [0.1, 0.15) is 50.6 Å². The Balaban J connectivity index is 1.40. The fourth-order valence-corrected chi connectivity index (χ4v) is 4.48. The van der Waals surface area contributed by atoms with Crippen LogP contribution < -0.4 is 0 Å². The lowest BCUT2D eigenvalue weighted by Crippen LogP contribution is -2.51. The fourth-order valence-electron chi connectivity index (χ4n) is 4.48. The lowest BCUT2D eigenvalue weighted by atomic mass is 9.89. The van der Waals surface area contributed by atoms with Crippen molar-refractivity contribution >= 4 is 11.8 Å². The first kappa shape index (κ1) is 18.7. The van der Waals surface area contributed by atoms with Gasteiger partial charge in [0, 0.05) is 42.9 Å². The van der Waals surface area contributed by atoms with E-state index in [0.29, 0.717) is 25.6 Å². The third kappa shape index (κ3) is 3.68. The van der Waals surface area contributed by atoms with Gasteiger partial charge in [-0.2, -0.15) is 5.10 Å². The van der Waals surface area contributed by atoms with E-state index < -0.39 is 0 Å². The third-order valence-electron chi connectivity index (χ3n) is 6.19. The van der Waals surface area contributed by atoms with Crippen LogP contribution >= 0.6 is 0 Å². The normalized spacial score (nSPS) is 21.0. The summed E-state index contributed by atoms with van der Waals surface area (Å²) in [7, 11) is 0. The summed E-state index contributed by atoms with van der Waals surface area (Å²) >= 11 is 0. The predicted molar refractivity (Wildman–Crippen MR) is 108 cm³/mol. The Hall–Kier alpha value is -2.63. The van der Waals surface area contributed by atoms with Crippen LogP contribution in [0.5, 0.6) is 0 Å². The Kier molecular flexibility index (Phi) is 5.46. The lowest BCUT2D eigenvalue weighted by Gasteiger charge is -2.36. The van der Waals surface area contributed by atoms with Crippen molar-refractivity contribution in [1.82, 2.24) is 20.0 Å². The second kappa shape index (κ2) is 8.17. The van der Waals surface area contributed by atoms with E-state index in [2.05, 4.69) is 22.3 Å². The molecule has 2 aliphatic heterocycles. The summed E-state index contributed by atoms with van der Waals surface area (Å²) in [5.41, 5.74) is 3.41. The molecule has 0 unspecified atom stereocenters. The van der Waals surface area contributed by atoms with Crippen molar-refractivity contribution in [3.63, 3.8) is 0 Å². The molecule has 6 nitrogen and oxygen atoms in total. The average molecular weight is 380 g/mol. The molecule has 1 N–H and O–H groups in total. The van der Waals surface area contributed by atoms with Gasteiger partial charge in [0.1, 0.15) is 0 Å². The number of nitrogens with zero attached hydrogens (tertiary/aromatic N) is 3. The van der Waals surface area contributed by atoms with Crippen molar-refractivity contribution in [3.05, 3.63) is 42.2 Å². The second-order valence-corrected chi connectivity index (χ2v) is 7.97. The minimum atomic E-state index is -0.333. The first-order valence-corrected chi connectivity index (χ1v) is 10.3. The van der Waals surface area contributed by atoms with Gasteiger partial charge in [0.05, 0.1) is 6.20 Å². The highest BCUT2D eigenvalue weighted by Crippen LogP contribution is 2.34. The van der Waals surface area contributed by atoms with Crippen LogP contribution in [0.2, 0.25) is 0 Å². The van der Waals surface area contributed by atoms with Crippen LogP contribution in [0.3, 0.4) is 0 Å². The quantitative estimate of drug-likeness (QED) is 0.814. The topological polar surface area (TPSA) is 69.3 Å². The monoisotopic (exact) mass is 380 g/mol. The number of hydrogen-bond donors (Lipinski definition) is 1. The highest BCUT2D eigenvalue weighted by Gasteiger charge is 2.34. The minimum absolute atomic E-state index is 0.168. The largest absolute Gasteiger partial charge is 0.334 e. The SMILES string of the molecule is C[C@H]1CCCCN1C(=O)C(=O)N1CCC(c2[nH]ncc2-c2ccccc2)CC1. The molecule has 2 amide bonds. The lowest BCUT2D eigenvalue weighted by molar-refractivity contribution is -0.154. The van der Waals surface area contributed by atoms with Crippen molar-refractivity contribution in [2.75, 3.05) is 19.6 Å². The third-order valence-corrected chi connectivity index (χ3v) is 6.19. The van der Waals surface area contributed by atoms with Gasteiger partial charge in [-0.1, -0.05) is 30.3 Å². The van der Waals surface area contributed by atoms with E-state index in [1.165, 1.54) is 0 Å². The number of nitrogens with one attached hydrogen (secondary N) is 1. The molecule has 0 spiro atoms. The molecular weight excluding hydrogens is 352 g/mol. The van der Waals surface area contributed by atoms with E-state index in [9.17, 15) is 9.59 Å². The number of carbonyl (C=O) groups excluding carboxylic acids is 2. The number of aromatic nitrogens is 2. The molecule has 1 atom stereocenters. The van der Waals surface area contributed by atoms with E-state index >= 15 is 0 Å². The van der Waals surface area contributed by atoms with Crippen molar-refractivity contribution in [3.8, 4) is 11.1 Å². The Bertz CT molecular complexity index is 824. The van der Waals surface area contributed by atoms with Gasteiger partial charge >= 0.3 is 11.8 Å². The van der Waals surface area contributed by atoms with Gasteiger partial charge in [0.15, 0.2) is 0 Å². The maximum atomic E-state index is 12.7. The molecule has 0 aliphatic carbocycles. The maximum Gasteiger partial charge on any atom is 0.312 e. The molecule has 0 bridgehead atoms. The first-order valence-electron chi connectivity index (χ1n) is 10.3. The number of aromatic amines is 1. The van der Waals surface area contributed by atoms with Gasteiger partial charge in [-0.25, -0.2) is 0 Å². The predicted octanol–water partition coefficient (Wildman–Crippen LogP) is 3.18. The molecule has 2 saturated heterocycles. The van der Waals surface area contributed by atoms with Gasteiger partial charge in [-0.3, -0.25) is 14.7 Å². The van der Waals surface area contributed by atoms with Gasteiger partial charge in [-0.05, 0) is 44.6 Å².